The van der Waals surface area contributed by atoms with Crippen molar-refractivity contribution in [1.29, 1.82) is 0 Å². The van der Waals surface area contributed by atoms with Crippen molar-refractivity contribution in [3.63, 3.8) is 0 Å². The molecule has 27 nitrogen and oxygen atoms in total. The van der Waals surface area contributed by atoms with Gasteiger partial charge in [-0.2, -0.15) is 63.6 Å². The molecular formula is C40H41N9O18S4. The largest absolute Gasteiger partial charge is 0.424 e. The smallest absolute Gasteiger partial charge is 0.327 e. The van der Waals surface area contributed by atoms with E-state index in [1.165, 1.54) is 40.1 Å². The molecule has 0 fully saturated rings. The molecule has 0 aliphatic carbocycles. The van der Waals surface area contributed by atoms with E-state index in [-0.39, 0.29) is 83.6 Å². The van der Waals surface area contributed by atoms with Crippen molar-refractivity contribution < 1.29 is 81.8 Å². The normalized spacial score (nSPS) is 12.3. The van der Waals surface area contributed by atoms with E-state index in [2.05, 4.69) is 29.9 Å². The van der Waals surface area contributed by atoms with E-state index in [1.807, 2.05) is 0 Å². The molecule has 0 saturated heterocycles. The lowest BCUT2D eigenvalue weighted by molar-refractivity contribution is 0.279. The number of nitrogen functional groups attached to an aromatic ring is 1. The molecule has 4 aromatic carbocycles. The predicted molar refractivity (Wildman–Crippen MR) is 249 cm³/mol. The fraction of sp³-hybridized carbons (Fsp3) is 0.200. The molecule has 0 saturated carbocycles. The van der Waals surface area contributed by atoms with Crippen molar-refractivity contribution in [1.82, 2.24) is 29.9 Å². The molecular weight excluding hydrogens is 1020 g/mol. The number of anilines is 3. The minimum Gasteiger partial charge on any atom is -0.424 e. The zero-order valence-electron chi connectivity index (χ0n) is 36.3. The average Bonchev–Trinajstić information content (AvgIpc) is 3.29. The van der Waals surface area contributed by atoms with E-state index in [0.717, 1.165) is 60.7 Å². The summed E-state index contributed by atoms with van der Waals surface area (Å²) in [5.74, 6) is -1.09. The third kappa shape index (κ3) is 13.7. The van der Waals surface area contributed by atoms with E-state index >= 15 is 0 Å². The Hall–Kier alpha value is -6.88. The summed E-state index contributed by atoms with van der Waals surface area (Å²) >= 11 is 0. The molecule has 6 aromatic rings. The molecule has 0 amide bonds. The van der Waals surface area contributed by atoms with Crippen LogP contribution in [0.2, 0.25) is 0 Å². The lowest BCUT2D eigenvalue weighted by Crippen LogP contribution is -2.31. The van der Waals surface area contributed by atoms with E-state index < -0.39 is 104 Å². The van der Waals surface area contributed by atoms with Gasteiger partial charge in [0.25, 0.3) is 40.5 Å². The van der Waals surface area contributed by atoms with E-state index in [4.69, 9.17) is 15.2 Å². The number of aromatic nitrogens is 6. The lowest BCUT2D eigenvalue weighted by atomic mass is 10.1. The van der Waals surface area contributed by atoms with Gasteiger partial charge in [-0.05, 0) is 72.3 Å². The van der Waals surface area contributed by atoms with E-state index in [1.54, 1.807) is 0 Å². The van der Waals surface area contributed by atoms with Crippen molar-refractivity contribution in [2.24, 2.45) is 0 Å². The molecule has 0 atom stereocenters. The molecule has 0 aliphatic rings. The number of nitrogens with two attached hydrogens (primary N) is 1. The van der Waals surface area contributed by atoms with Crippen LogP contribution in [0, 0.1) is 0 Å². The maximum Gasteiger partial charge on any atom is 0.327 e. The summed E-state index contributed by atoms with van der Waals surface area (Å²) in [7, 11) is -19.5. The maximum absolute atomic E-state index is 13.0. The van der Waals surface area contributed by atoms with Gasteiger partial charge >= 0.3 is 12.0 Å². The van der Waals surface area contributed by atoms with Crippen molar-refractivity contribution >= 4 is 70.2 Å². The number of nitrogens with zero attached hydrogens (tertiary/aromatic N) is 8. The highest BCUT2D eigenvalue weighted by Gasteiger charge is 2.24. The summed E-state index contributed by atoms with van der Waals surface area (Å²) in [5.41, 5.74) is 5.08. The van der Waals surface area contributed by atoms with Gasteiger partial charge in [0.2, 0.25) is 11.9 Å². The van der Waals surface area contributed by atoms with Gasteiger partial charge in [-0.25, -0.2) is 0 Å². The Morgan fingerprint density at radius 2 is 0.887 bits per heavy atom. The number of benzene rings is 4. The van der Waals surface area contributed by atoms with Gasteiger partial charge in [-0.1, -0.05) is 24.3 Å². The fourth-order valence-corrected chi connectivity index (χ4v) is 8.79. The Morgan fingerprint density at radius 1 is 0.479 bits per heavy atom. The fourth-order valence-electron chi connectivity index (χ4n) is 6.38. The summed E-state index contributed by atoms with van der Waals surface area (Å²) in [6.45, 7) is -2.22. The molecule has 10 N–H and O–H groups in total. The zero-order valence-corrected chi connectivity index (χ0v) is 39.5. The van der Waals surface area contributed by atoms with Crippen LogP contribution in [0.25, 0.3) is 34.9 Å². The Labute approximate surface area is 404 Å². The van der Waals surface area contributed by atoms with Gasteiger partial charge in [0.1, 0.15) is 21.3 Å². The first kappa shape index (κ1) is 53.5. The molecule has 0 spiro atoms. The van der Waals surface area contributed by atoms with Crippen molar-refractivity contribution in [3.05, 3.63) is 90.0 Å². The van der Waals surface area contributed by atoms with Crippen LogP contribution in [0.3, 0.4) is 0 Å². The first-order chi connectivity index (χ1) is 33.4. The predicted octanol–water partition coefficient (Wildman–Crippen LogP) is 1.30. The molecule has 31 heteroatoms. The molecule has 0 unspecified atom stereocenters. The number of hydrogen-bond donors (Lipinski definition) is 9. The third-order valence-electron chi connectivity index (χ3n) is 9.60. The first-order valence-electron chi connectivity index (χ1n) is 20.1. The minimum absolute atomic E-state index is 0.0316. The van der Waals surface area contributed by atoms with Gasteiger partial charge < -0.3 is 45.4 Å². The Morgan fingerprint density at radius 3 is 1.28 bits per heavy atom. The van der Waals surface area contributed by atoms with Crippen LogP contribution >= 0.6 is 0 Å². The number of ether oxygens (including phenoxy) is 2. The topological polar surface area (TPSA) is 427 Å². The first-order valence-corrected chi connectivity index (χ1v) is 25.9. The quantitative estimate of drug-likeness (QED) is 0.0263. The molecule has 0 bridgehead atoms. The van der Waals surface area contributed by atoms with Crippen molar-refractivity contribution in [2.45, 2.75) is 19.6 Å². The zero-order chi connectivity index (χ0) is 51.9. The summed E-state index contributed by atoms with van der Waals surface area (Å²) in [6, 6.07) is 13.3. The van der Waals surface area contributed by atoms with Crippen LogP contribution in [0.1, 0.15) is 11.1 Å². The Kier molecular flexibility index (Phi) is 16.6. The second-order valence-corrected chi connectivity index (χ2v) is 20.1. The highest BCUT2D eigenvalue weighted by atomic mass is 32.2. The molecule has 0 radical (unpaired) electrons. The van der Waals surface area contributed by atoms with Gasteiger partial charge in [-0.15, -0.1) is 0 Å². The van der Waals surface area contributed by atoms with E-state index in [0.29, 0.717) is 0 Å². The van der Waals surface area contributed by atoms with E-state index in [9.17, 15) is 72.3 Å². The number of aliphatic hydroxyl groups is 4. The standard InChI is InChI=1S/C40H41N9O18S4/c41-32-21-26(36-43-38(49(15-19-52)16-20-53)47-40(45-36)67-28-6-10-30(11-7-28)69(57,58)59)23-34(71(63,64)65)31(32)12-3-24-1-2-25(22-33(24)70(60,61)62)35-42-37(48(13-17-50)14-18-51)46-39(44-35)66-27-4-8-29(9-5-27)68(54,55)56/h1-12,21-23,50-53H,13-20,41H2,(H,54,55,56)(H,57,58,59)(H,60,61,62)(H,63,64,65). The monoisotopic (exact) mass is 1060 g/mol. The third-order valence-corrected chi connectivity index (χ3v) is 13.1. The van der Waals surface area contributed by atoms with Crippen molar-refractivity contribution in [2.75, 3.05) is 68.1 Å². The maximum atomic E-state index is 13.0. The lowest BCUT2D eigenvalue weighted by Gasteiger charge is -2.21. The summed E-state index contributed by atoms with van der Waals surface area (Å²) in [4.78, 5) is 25.6. The highest BCUT2D eigenvalue weighted by molar-refractivity contribution is 7.86. The molecule has 6 rings (SSSR count). The summed E-state index contributed by atoms with van der Waals surface area (Å²) in [6.07, 6.45) is 2.06. The van der Waals surface area contributed by atoms with Crippen LogP contribution in [-0.4, -0.2) is 155 Å². The summed E-state index contributed by atoms with van der Waals surface area (Å²) in [5, 5.41) is 38.8. The van der Waals surface area contributed by atoms with Crippen LogP contribution in [0.15, 0.2) is 98.4 Å². The Balaban J connectivity index is 1.43. The molecule has 71 heavy (non-hydrogen) atoms. The van der Waals surface area contributed by atoms with Gasteiger partial charge in [0.15, 0.2) is 11.6 Å². The van der Waals surface area contributed by atoms with Gasteiger partial charge in [0.05, 0.1) is 36.2 Å². The highest BCUT2D eigenvalue weighted by Crippen LogP contribution is 2.34. The van der Waals surface area contributed by atoms with Crippen LogP contribution in [-0.2, 0) is 40.5 Å². The van der Waals surface area contributed by atoms with Crippen LogP contribution in [0.4, 0.5) is 17.6 Å². The SMILES string of the molecule is Nc1cc(-c2nc(Oc3ccc(S(=O)(=O)O)cc3)nc(N(CCO)CCO)n2)cc(S(=O)(=O)O)c1C=Cc1ccc(-c2nc(Oc3ccc(S(=O)(=O)O)cc3)nc(N(CCO)CCO)n2)cc1S(=O)(=O)O. The second kappa shape index (κ2) is 22.0. The van der Waals surface area contributed by atoms with Crippen molar-refractivity contribution in [3.8, 4) is 46.3 Å². The molecule has 0 aliphatic heterocycles. The summed E-state index contributed by atoms with van der Waals surface area (Å²) < 4.78 is 149. The van der Waals surface area contributed by atoms with Gasteiger partial charge in [-0.3, -0.25) is 18.2 Å². The Bertz CT molecular complexity index is 3400. The van der Waals surface area contributed by atoms with Crippen LogP contribution in [0.5, 0.6) is 23.5 Å². The molecule has 2 aromatic heterocycles. The average molecular weight is 1060 g/mol. The minimum atomic E-state index is -5.20. The van der Waals surface area contributed by atoms with Gasteiger partial charge in [0, 0.05) is 48.6 Å². The number of aliphatic hydroxyl groups excluding tert-OH is 4. The molecule has 2 heterocycles. The second-order valence-electron chi connectivity index (χ2n) is 14.5. The molecule has 378 valence electrons. The number of hydrogen-bond acceptors (Lipinski definition) is 23. The number of rotatable bonds is 22. The van der Waals surface area contributed by atoms with Crippen LogP contribution < -0.4 is 25.0 Å².